The van der Waals surface area contributed by atoms with Crippen molar-refractivity contribution in [2.24, 2.45) is 5.11 Å². The maximum absolute atomic E-state index is 9.87. The van der Waals surface area contributed by atoms with Crippen molar-refractivity contribution in [3.05, 3.63) is 0 Å². The first-order valence-corrected chi connectivity index (χ1v) is 2.49. The van der Waals surface area contributed by atoms with Gasteiger partial charge in [0, 0.05) is 0 Å². The Kier molecular flexibility index (Phi) is 3.34. The van der Waals surface area contributed by atoms with Crippen LogP contribution in [0.25, 0.3) is 0 Å². The summed E-state index contributed by atoms with van der Waals surface area (Å²) in [5, 5.41) is 13.3. The molecule has 0 aromatic rings. The summed E-state index contributed by atoms with van der Waals surface area (Å²) in [5.41, 5.74) is 6.37. The summed E-state index contributed by atoms with van der Waals surface area (Å²) in [6.07, 6.45) is -1.08. The van der Waals surface area contributed by atoms with Gasteiger partial charge in [-0.2, -0.15) is 5.11 Å². The molecular weight excluding hydrogens is 122 g/mol. The standard InChI is InChI=1S/C4H9N3O2/c1-3(2-6-5)7-4(8)9/h3,5,7H,2H2,1H3,(H,8,9). The average molecular weight is 131 g/mol. The molecule has 0 fully saturated rings. The molecule has 1 amide bonds. The molecular formula is C4H9N3O2. The number of nitrogens with zero attached hydrogens (tertiary/aromatic N) is 1. The molecule has 52 valence electrons. The molecule has 5 heteroatoms. The minimum absolute atomic E-state index is 0.201. The summed E-state index contributed by atoms with van der Waals surface area (Å²) in [6.45, 7) is 1.85. The summed E-state index contributed by atoms with van der Waals surface area (Å²) >= 11 is 0. The van der Waals surface area contributed by atoms with Gasteiger partial charge < -0.3 is 10.4 Å². The number of carbonyl (C=O) groups is 1. The van der Waals surface area contributed by atoms with Crippen molar-refractivity contribution in [3.63, 3.8) is 0 Å². The van der Waals surface area contributed by atoms with Gasteiger partial charge in [-0.25, -0.2) is 10.3 Å². The van der Waals surface area contributed by atoms with Crippen LogP contribution in [0.1, 0.15) is 6.92 Å². The van der Waals surface area contributed by atoms with Crippen LogP contribution in [0.2, 0.25) is 0 Å². The van der Waals surface area contributed by atoms with Crippen molar-refractivity contribution in [1.29, 1.82) is 5.53 Å². The maximum atomic E-state index is 9.87. The highest BCUT2D eigenvalue weighted by molar-refractivity contribution is 5.64. The predicted molar refractivity (Wildman–Crippen MR) is 30.6 cm³/mol. The topological polar surface area (TPSA) is 85.5 Å². The van der Waals surface area contributed by atoms with E-state index in [2.05, 4.69) is 10.4 Å². The van der Waals surface area contributed by atoms with Crippen LogP contribution in [0.15, 0.2) is 5.11 Å². The van der Waals surface area contributed by atoms with E-state index in [0.717, 1.165) is 0 Å². The van der Waals surface area contributed by atoms with Crippen LogP contribution >= 0.6 is 0 Å². The predicted octanol–water partition coefficient (Wildman–Crippen LogP) is 0.673. The van der Waals surface area contributed by atoms with Gasteiger partial charge in [0.2, 0.25) is 0 Å². The Balaban J connectivity index is 3.37. The molecule has 5 nitrogen and oxygen atoms in total. The van der Waals surface area contributed by atoms with Crippen molar-refractivity contribution in [2.45, 2.75) is 13.0 Å². The zero-order chi connectivity index (χ0) is 7.28. The number of carboxylic acid groups (broad SMARTS) is 1. The Labute approximate surface area is 52.6 Å². The molecule has 0 aliphatic carbocycles. The van der Waals surface area contributed by atoms with Crippen LogP contribution in [0, 0.1) is 5.53 Å². The van der Waals surface area contributed by atoms with Crippen LogP contribution in [0.4, 0.5) is 4.79 Å². The van der Waals surface area contributed by atoms with Gasteiger partial charge in [0.05, 0.1) is 12.6 Å². The number of amides is 1. The highest BCUT2D eigenvalue weighted by atomic mass is 16.4. The van der Waals surface area contributed by atoms with Crippen molar-refractivity contribution in [3.8, 4) is 0 Å². The van der Waals surface area contributed by atoms with Gasteiger partial charge in [-0.05, 0) is 6.92 Å². The second kappa shape index (κ2) is 3.82. The van der Waals surface area contributed by atoms with Gasteiger partial charge in [0.25, 0.3) is 0 Å². The van der Waals surface area contributed by atoms with E-state index in [-0.39, 0.29) is 12.6 Å². The first kappa shape index (κ1) is 7.87. The minimum atomic E-state index is -1.08. The van der Waals surface area contributed by atoms with Crippen LogP contribution in [-0.4, -0.2) is 23.8 Å². The zero-order valence-corrected chi connectivity index (χ0v) is 5.09. The van der Waals surface area contributed by atoms with Crippen molar-refractivity contribution < 1.29 is 9.90 Å². The van der Waals surface area contributed by atoms with Gasteiger partial charge >= 0.3 is 6.09 Å². The minimum Gasteiger partial charge on any atom is -0.465 e. The monoisotopic (exact) mass is 131 g/mol. The largest absolute Gasteiger partial charge is 0.465 e. The molecule has 1 atom stereocenters. The quantitative estimate of drug-likeness (QED) is 0.492. The zero-order valence-electron chi connectivity index (χ0n) is 5.09. The number of rotatable bonds is 3. The van der Waals surface area contributed by atoms with E-state index >= 15 is 0 Å². The molecule has 1 unspecified atom stereocenters. The molecule has 0 aromatic carbocycles. The summed E-state index contributed by atoms with van der Waals surface area (Å²) in [7, 11) is 0. The average Bonchev–Trinajstić information content (AvgIpc) is 1.63. The molecule has 0 heterocycles. The lowest BCUT2D eigenvalue weighted by molar-refractivity contribution is 0.191. The molecule has 0 aliphatic heterocycles. The molecule has 0 aromatic heterocycles. The van der Waals surface area contributed by atoms with Crippen LogP contribution in [-0.2, 0) is 0 Å². The lowest BCUT2D eigenvalue weighted by atomic mass is 10.3. The van der Waals surface area contributed by atoms with E-state index in [1.807, 2.05) is 0 Å². The van der Waals surface area contributed by atoms with Gasteiger partial charge in [0.1, 0.15) is 0 Å². The van der Waals surface area contributed by atoms with Crippen LogP contribution in [0.5, 0.6) is 0 Å². The molecule has 3 N–H and O–H groups in total. The Morgan fingerprint density at radius 3 is 2.89 bits per heavy atom. The lowest BCUT2D eigenvalue weighted by Crippen LogP contribution is -2.32. The molecule has 0 aliphatic rings. The Morgan fingerprint density at radius 1 is 2.00 bits per heavy atom. The highest BCUT2D eigenvalue weighted by Gasteiger charge is 2.01. The summed E-state index contributed by atoms with van der Waals surface area (Å²) in [6, 6.07) is -0.264. The van der Waals surface area contributed by atoms with E-state index in [4.69, 9.17) is 10.6 Å². The Bertz CT molecular complexity index is 114. The fourth-order valence-electron chi connectivity index (χ4n) is 0.393. The third-order valence-corrected chi connectivity index (χ3v) is 0.735. The van der Waals surface area contributed by atoms with E-state index in [1.165, 1.54) is 0 Å². The fourth-order valence-corrected chi connectivity index (χ4v) is 0.393. The Morgan fingerprint density at radius 2 is 2.56 bits per heavy atom. The summed E-state index contributed by atoms with van der Waals surface area (Å²) in [5.74, 6) is 0. The number of hydrogen-bond acceptors (Lipinski definition) is 3. The molecule has 0 bridgehead atoms. The van der Waals surface area contributed by atoms with Gasteiger partial charge in [-0.1, -0.05) is 0 Å². The van der Waals surface area contributed by atoms with Crippen molar-refractivity contribution in [2.75, 3.05) is 6.54 Å². The molecule has 0 radical (unpaired) electrons. The van der Waals surface area contributed by atoms with Gasteiger partial charge in [-0.15, -0.1) is 0 Å². The molecule has 0 saturated heterocycles. The second-order valence-electron chi connectivity index (χ2n) is 1.69. The second-order valence-corrected chi connectivity index (χ2v) is 1.69. The summed E-state index contributed by atoms with van der Waals surface area (Å²) in [4.78, 5) is 9.87. The molecule has 0 saturated carbocycles. The van der Waals surface area contributed by atoms with E-state index < -0.39 is 6.09 Å². The number of hydrogen-bond donors (Lipinski definition) is 3. The third-order valence-electron chi connectivity index (χ3n) is 0.735. The highest BCUT2D eigenvalue weighted by Crippen LogP contribution is 1.80. The normalized spacial score (nSPS) is 12.1. The van der Waals surface area contributed by atoms with Gasteiger partial charge in [-0.3, -0.25) is 0 Å². The van der Waals surface area contributed by atoms with Crippen LogP contribution in [0.3, 0.4) is 0 Å². The fraction of sp³-hybridized carbons (Fsp3) is 0.750. The third kappa shape index (κ3) is 4.73. The van der Waals surface area contributed by atoms with E-state index in [0.29, 0.717) is 0 Å². The SMILES string of the molecule is CC(CN=N)NC(=O)O. The number of nitrogens with one attached hydrogen (secondary N) is 2. The Hall–Kier alpha value is -1.13. The van der Waals surface area contributed by atoms with Crippen molar-refractivity contribution >= 4 is 6.09 Å². The first-order chi connectivity index (χ1) is 4.16. The van der Waals surface area contributed by atoms with E-state index in [1.54, 1.807) is 6.92 Å². The molecule has 9 heavy (non-hydrogen) atoms. The van der Waals surface area contributed by atoms with Gasteiger partial charge in [0.15, 0.2) is 0 Å². The first-order valence-electron chi connectivity index (χ1n) is 2.49. The smallest absolute Gasteiger partial charge is 0.404 e. The van der Waals surface area contributed by atoms with Crippen molar-refractivity contribution in [1.82, 2.24) is 5.32 Å². The maximum Gasteiger partial charge on any atom is 0.404 e. The van der Waals surface area contributed by atoms with Crippen LogP contribution < -0.4 is 5.32 Å². The lowest BCUT2D eigenvalue weighted by Gasteiger charge is -2.04. The molecule has 0 spiro atoms. The summed E-state index contributed by atoms with van der Waals surface area (Å²) < 4.78 is 0. The van der Waals surface area contributed by atoms with E-state index in [9.17, 15) is 4.79 Å². The molecule has 0 rings (SSSR count).